The summed E-state index contributed by atoms with van der Waals surface area (Å²) in [5.41, 5.74) is 7.62. The van der Waals surface area contributed by atoms with Crippen molar-refractivity contribution in [3.05, 3.63) is 111 Å². The van der Waals surface area contributed by atoms with Gasteiger partial charge in [-0.05, 0) is 29.7 Å². The van der Waals surface area contributed by atoms with Crippen LogP contribution in [0.25, 0.3) is 5.70 Å². The number of nitrogens with zero attached hydrogens (tertiary/aromatic N) is 1. The number of fused-ring (bicyclic) bond motifs is 1. The Bertz CT molecular complexity index is 1130. The van der Waals surface area contributed by atoms with Crippen molar-refractivity contribution in [2.75, 3.05) is 0 Å². The van der Waals surface area contributed by atoms with Crippen LogP contribution in [0.15, 0.2) is 93.9 Å². The van der Waals surface area contributed by atoms with Crippen LogP contribution in [0.3, 0.4) is 0 Å². The van der Waals surface area contributed by atoms with Crippen LogP contribution in [-0.2, 0) is 0 Å². The largest absolute Gasteiger partial charge is 0.315 e. The van der Waals surface area contributed by atoms with E-state index in [1.54, 1.807) is 0 Å². The van der Waals surface area contributed by atoms with Crippen LogP contribution in [0, 0.1) is 0 Å². The number of Topliss-reactive ketones (excluding diaryl/α,β-unsaturated/α-hetero) is 1. The topological polar surface area (TPSA) is 44.4 Å². The number of hydrazine groups is 1. The highest BCUT2D eigenvalue weighted by Crippen LogP contribution is 2.41. The van der Waals surface area contributed by atoms with Crippen LogP contribution in [-0.4, -0.2) is 23.0 Å². The Morgan fingerprint density at radius 1 is 0.903 bits per heavy atom. The third-order valence-electron chi connectivity index (χ3n) is 5.82. The quantitative estimate of drug-likeness (QED) is 0.422. The number of benzene rings is 3. The van der Waals surface area contributed by atoms with Gasteiger partial charge in [0.05, 0.1) is 22.3 Å². The number of rotatable bonds is 4. The van der Waals surface area contributed by atoms with Gasteiger partial charge in [0.1, 0.15) is 6.17 Å². The Kier molecular flexibility index (Phi) is 5.80. The maximum atomic E-state index is 13.3. The van der Waals surface area contributed by atoms with E-state index in [-0.39, 0.29) is 24.0 Å². The molecule has 31 heavy (non-hydrogen) atoms. The van der Waals surface area contributed by atoms with Gasteiger partial charge in [-0.25, -0.2) is 0 Å². The molecule has 156 valence electrons. The zero-order valence-corrected chi connectivity index (χ0v) is 19.8. The van der Waals surface area contributed by atoms with Crippen LogP contribution in [0.2, 0.25) is 0 Å². The van der Waals surface area contributed by atoms with Gasteiger partial charge in [-0.2, -0.15) is 5.01 Å². The molecule has 4 nitrogen and oxygen atoms in total. The molecule has 2 aliphatic heterocycles. The number of carbonyl (C=O) groups excluding carboxylic acids is 1. The van der Waals surface area contributed by atoms with Gasteiger partial charge >= 0.3 is 0 Å². The van der Waals surface area contributed by atoms with E-state index in [9.17, 15) is 4.79 Å². The molecule has 1 saturated heterocycles. The van der Waals surface area contributed by atoms with Crippen molar-refractivity contribution >= 4 is 43.3 Å². The highest BCUT2D eigenvalue weighted by Gasteiger charge is 2.44. The Morgan fingerprint density at radius 3 is 2.32 bits per heavy atom. The Balaban J connectivity index is 1.53. The summed E-state index contributed by atoms with van der Waals surface area (Å²) in [6.07, 6.45) is 0.515. The van der Waals surface area contributed by atoms with Crippen molar-refractivity contribution in [1.29, 1.82) is 0 Å². The first-order chi connectivity index (χ1) is 15.1. The number of carbonyl (C=O) groups is 1. The maximum absolute atomic E-state index is 13.3. The fourth-order valence-electron chi connectivity index (χ4n) is 4.32. The van der Waals surface area contributed by atoms with Crippen molar-refractivity contribution < 1.29 is 4.79 Å². The summed E-state index contributed by atoms with van der Waals surface area (Å²) >= 11 is 7.42. The lowest BCUT2D eigenvalue weighted by molar-refractivity contribution is 0.0461. The lowest BCUT2D eigenvalue weighted by Gasteiger charge is -2.42. The van der Waals surface area contributed by atoms with Crippen LogP contribution in [0.5, 0.6) is 0 Å². The van der Waals surface area contributed by atoms with E-state index in [0.717, 1.165) is 31.3 Å². The minimum absolute atomic E-state index is 0.0233. The first kappa shape index (κ1) is 20.6. The summed E-state index contributed by atoms with van der Waals surface area (Å²) in [4.78, 5) is 13.3. The summed E-state index contributed by atoms with van der Waals surface area (Å²) in [5.74, 6) is 0.119. The molecule has 2 heterocycles. The highest BCUT2D eigenvalue weighted by atomic mass is 79.9. The number of hydrogen-bond acceptors (Lipinski definition) is 4. The molecular formula is C25H21Br2N3O. The zero-order chi connectivity index (χ0) is 21.4. The molecule has 0 bridgehead atoms. The first-order valence-electron chi connectivity index (χ1n) is 10.2. The second-order valence-corrected chi connectivity index (χ2v) is 9.54. The van der Waals surface area contributed by atoms with Crippen LogP contribution < -0.4 is 10.7 Å². The average molecular weight is 539 g/mol. The molecule has 2 aliphatic rings. The summed E-state index contributed by atoms with van der Waals surface area (Å²) in [7, 11) is 0. The zero-order valence-electron chi connectivity index (χ0n) is 16.6. The van der Waals surface area contributed by atoms with Crippen molar-refractivity contribution in [2.24, 2.45) is 0 Å². The minimum atomic E-state index is -0.294. The Hall–Kier alpha value is -2.25. The van der Waals surface area contributed by atoms with E-state index in [1.165, 1.54) is 0 Å². The molecule has 6 heteroatoms. The van der Waals surface area contributed by atoms with Gasteiger partial charge in [0, 0.05) is 10.0 Å². The fourth-order valence-corrected chi connectivity index (χ4v) is 5.40. The molecule has 3 aromatic rings. The summed E-state index contributed by atoms with van der Waals surface area (Å²) in [5, 5.41) is 5.79. The molecule has 5 rings (SSSR count). The lowest BCUT2D eigenvalue weighted by Crippen LogP contribution is -2.59. The van der Waals surface area contributed by atoms with E-state index in [2.05, 4.69) is 71.9 Å². The smallest absolute Gasteiger partial charge is 0.179 e. The summed E-state index contributed by atoms with van der Waals surface area (Å²) in [6.45, 7) is 0. The molecule has 1 fully saturated rings. The molecule has 0 aliphatic carbocycles. The molecule has 0 aromatic heterocycles. The van der Waals surface area contributed by atoms with E-state index < -0.39 is 0 Å². The van der Waals surface area contributed by atoms with Crippen molar-refractivity contribution in [3.8, 4) is 0 Å². The second-order valence-electron chi connectivity index (χ2n) is 7.77. The number of halogens is 2. The van der Waals surface area contributed by atoms with Gasteiger partial charge in [-0.15, -0.1) is 0 Å². The van der Waals surface area contributed by atoms with Gasteiger partial charge in [0.2, 0.25) is 0 Å². The Morgan fingerprint density at radius 2 is 1.61 bits per heavy atom. The highest BCUT2D eigenvalue weighted by molar-refractivity contribution is 9.12. The summed E-state index contributed by atoms with van der Waals surface area (Å²) < 4.78 is 2.03. The second kappa shape index (κ2) is 8.71. The molecule has 0 spiro atoms. The lowest BCUT2D eigenvalue weighted by atomic mass is 9.91. The van der Waals surface area contributed by atoms with Gasteiger partial charge in [-0.1, -0.05) is 105 Å². The molecular weight excluding hydrogens is 518 g/mol. The van der Waals surface area contributed by atoms with Crippen LogP contribution >= 0.6 is 31.9 Å². The Labute approximate surface area is 198 Å². The van der Waals surface area contributed by atoms with E-state index in [0.29, 0.717) is 6.42 Å². The molecule has 3 aromatic carbocycles. The number of nitrogens with one attached hydrogen (secondary N) is 2. The van der Waals surface area contributed by atoms with Crippen molar-refractivity contribution in [3.63, 3.8) is 0 Å². The molecule has 0 amide bonds. The third kappa shape index (κ3) is 4.01. The predicted molar refractivity (Wildman–Crippen MR) is 130 cm³/mol. The van der Waals surface area contributed by atoms with Crippen molar-refractivity contribution in [2.45, 2.75) is 24.7 Å². The maximum Gasteiger partial charge on any atom is 0.179 e. The first-order valence-corrected chi connectivity index (χ1v) is 11.8. The van der Waals surface area contributed by atoms with E-state index in [4.69, 9.17) is 0 Å². The third-order valence-corrected chi connectivity index (χ3v) is 7.15. The van der Waals surface area contributed by atoms with Crippen molar-refractivity contribution in [1.82, 2.24) is 15.8 Å². The van der Waals surface area contributed by atoms with E-state index >= 15 is 0 Å². The molecule has 3 atom stereocenters. The fraction of sp³-hybridized carbons (Fsp3) is 0.160. The minimum Gasteiger partial charge on any atom is -0.315 e. The molecule has 0 saturated carbocycles. The SMILES string of the molecule is O=C(c1ccccc1)C1CC(c2cccc(Br)c2)N2NC(c3ccccc3)=C(Br)C2N1. The monoisotopic (exact) mass is 537 g/mol. The van der Waals surface area contributed by atoms with E-state index in [1.807, 2.05) is 60.7 Å². The molecule has 0 radical (unpaired) electrons. The van der Waals surface area contributed by atoms with Crippen LogP contribution in [0.4, 0.5) is 0 Å². The standard InChI is InChI=1S/C25H21Br2N3O/c26-19-13-7-12-18(14-19)21-15-20(24(31)17-10-5-2-6-11-17)28-25-22(27)23(29-30(21)25)16-8-3-1-4-9-16/h1-14,20-21,25,28-29H,15H2. The van der Waals surface area contributed by atoms with Gasteiger partial charge < -0.3 is 5.43 Å². The predicted octanol–water partition coefficient (Wildman–Crippen LogP) is 5.65. The number of hydrogen-bond donors (Lipinski definition) is 2. The molecule has 3 unspecified atom stereocenters. The number of ketones is 1. The molecule has 2 N–H and O–H groups in total. The summed E-state index contributed by atoms with van der Waals surface area (Å²) in [6, 6.07) is 27.8. The normalized spacial score (nSPS) is 23.4. The average Bonchev–Trinajstić information content (AvgIpc) is 3.15. The van der Waals surface area contributed by atoms with Gasteiger partial charge in [0.25, 0.3) is 0 Å². The van der Waals surface area contributed by atoms with Gasteiger partial charge in [-0.3, -0.25) is 10.1 Å². The van der Waals surface area contributed by atoms with Crippen LogP contribution in [0.1, 0.15) is 33.9 Å². The van der Waals surface area contributed by atoms with Gasteiger partial charge in [0.15, 0.2) is 5.78 Å².